The first-order chi connectivity index (χ1) is 16.3. The van der Waals surface area contributed by atoms with Crippen LogP contribution >= 0.6 is 22.9 Å². The largest absolute Gasteiger partial charge is 0.497 e. The fraction of sp³-hybridized carbons (Fsp3) is 0.292. The van der Waals surface area contributed by atoms with E-state index in [2.05, 4.69) is 0 Å². The highest BCUT2D eigenvalue weighted by Gasteiger charge is 2.44. The Bertz CT molecular complexity index is 1240. The van der Waals surface area contributed by atoms with Crippen molar-refractivity contribution in [3.63, 3.8) is 0 Å². The molecule has 1 aliphatic rings. The Balaban J connectivity index is 1.73. The van der Waals surface area contributed by atoms with Crippen LogP contribution in [0, 0.1) is 0 Å². The van der Waals surface area contributed by atoms with Crippen molar-refractivity contribution in [3.05, 3.63) is 81.0 Å². The van der Waals surface area contributed by atoms with Crippen LogP contribution in [0.25, 0.3) is 0 Å². The third kappa shape index (κ3) is 4.99. The van der Waals surface area contributed by atoms with Gasteiger partial charge >= 0.3 is 0 Å². The van der Waals surface area contributed by atoms with Crippen LogP contribution in [0.5, 0.6) is 5.75 Å². The van der Waals surface area contributed by atoms with Gasteiger partial charge in [0.05, 0.1) is 12.0 Å². The maximum Gasteiger partial charge on any atom is 0.262 e. The predicted octanol–water partition coefficient (Wildman–Crippen LogP) is 4.25. The number of hydrogen-bond donors (Lipinski definition) is 2. The monoisotopic (exact) mass is 520 g/mol. The zero-order valence-electron chi connectivity index (χ0n) is 18.5. The molecule has 1 amide bonds. The van der Waals surface area contributed by atoms with Crippen molar-refractivity contribution in [1.29, 1.82) is 0 Å². The second-order valence-corrected chi connectivity index (χ2v) is 11.4. The summed E-state index contributed by atoms with van der Waals surface area (Å²) in [7, 11) is -2.54. The number of carbonyl (C=O) groups is 1. The molecule has 2 atom stereocenters. The van der Waals surface area contributed by atoms with Crippen LogP contribution in [0.1, 0.15) is 28.3 Å². The van der Waals surface area contributed by atoms with E-state index in [0.29, 0.717) is 30.0 Å². The first-order valence-corrected chi connectivity index (χ1v) is 13.5. The van der Waals surface area contributed by atoms with E-state index in [1.807, 2.05) is 23.6 Å². The zero-order valence-corrected chi connectivity index (χ0v) is 20.9. The summed E-state index contributed by atoms with van der Waals surface area (Å²) in [5.74, 6) is -0.667. The van der Waals surface area contributed by atoms with Gasteiger partial charge in [-0.15, -0.1) is 11.3 Å². The second-order valence-electron chi connectivity index (χ2n) is 8.03. The van der Waals surface area contributed by atoms with E-state index >= 15 is 0 Å². The molecule has 0 radical (unpaired) electrons. The van der Waals surface area contributed by atoms with Crippen LogP contribution in [0.4, 0.5) is 0 Å². The Kier molecular flexibility index (Phi) is 7.59. The number of carbonyl (C=O) groups excluding carboxylic acids is 1. The number of ether oxygens (including phenoxy) is 1. The summed E-state index contributed by atoms with van der Waals surface area (Å²) in [4.78, 5) is 14.1. The summed E-state index contributed by atoms with van der Waals surface area (Å²) in [5, 5.41) is 12.2. The van der Waals surface area contributed by atoms with Crippen molar-refractivity contribution in [2.24, 2.45) is 0 Å². The smallest absolute Gasteiger partial charge is 0.262 e. The van der Waals surface area contributed by atoms with E-state index < -0.39 is 27.9 Å². The van der Waals surface area contributed by atoms with Gasteiger partial charge in [-0.25, -0.2) is 13.9 Å². The average Bonchev–Trinajstić information content (AvgIpc) is 3.25. The number of aryl methyl sites for hydroxylation is 1. The standard InChI is InChI=1S/C24H25ClN2O5S2/c1-32-18-7-9-19(10-8-18)34(30,31)27-14-12-22-20(13-15-33-22)21(23(27)24(28)26-29)11-4-16-2-5-17(25)6-3-16/h2-3,5-10,13,15,21,23,29H,4,11-12,14H2,1H3,(H,26,28)/t21-,23-/m1/s1. The molecule has 2 N–H and O–H groups in total. The number of sulfonamides is 1. The zero-order chi connectivity index (χ0) is 24.3. The summed E-state index contributed by atoms with van der Waals surface area (Å²) in [6, 6.07) is 14.4. The summed E-state index contributed by atoms with van der Waals surface area (Å²) in [5.41, 5.74) is 3.68. The minimum absolute atomic E-state index is 0.0609. The van der Waals surface area contributed by atoms with Crippen molar-refractivity contribution >= 4 is 38.9 Å². The van der Waals surface area contributed by atoms with Crippen LogP contribution in [-0.4, -0.2) is 43.5 Å². The van der Waals surface area contributed by atoms with Gasteiger partial charge in [-0.1, -0.05) is 23.7 Å². The van der Waals surface area contributed by atoms with E-state index in [0.717, 1.165) is 16.0 Å². The van der Waals surface area contributed by atoms with Gasteiger partial charge in [-0.2, -0.15) is 4.31 Å². The Morgan fingerprint density at radius 3 is 2.53 bits per heavy atom. The van der Waals surface area contributed by atoms with Gasteiger partial charge in [-0.05, 0) is 78.2 Å². The van der Waals surface area contributed by atoms with Crippen molar-refractivity contribution in [1.82, 2.24) is 9.79 Å². The number of fused-ring (bicyclic) bond motifs is 1. The number of nitrogens with zero attached hydrogens (tertiary/aromatic N) is 1. The van der Waals surface area contributed by atoms with Crippen molar-refractivity contribution < 1.29 is 23.2 Å². The van der Waals surface area contributed by atoms with Crippen molar-refractivity contribution in [3.8, 4) is 5.75 Å². The molecule has 7 nitrogen and oxygen atoms in total. The number of thiophene rings is 1. The van der Waals surface area contributed by atoms with Gasteiger partial charge in [0, 0.05) is 22.4 Å². The van der Waals surface area contributed by atoms with Gasteiger partial charge in [0.1, 0.15) is 11.8 Å². The number of halogens is 1. The Morgan fingerprint density at radius 2 is 1.88 bits per heavy atom. The van der Waals surface area contributed by atoms with E-state index in [1.54, 1.807) is 41.1 Å². The second kappa shape index (κ2) is 10.5. The fourth-order valence-electron chi connectivity index (χ4n) is 4.42. The third-order valence-electron chi connectivity index (χ3n) is 6.13. The highest BCUT2D eigenvalue weighted by Crippen LogP contribution is 2.39. The third-order valence-corrected chi connectivity index (χ3v) is 9.28. The molecule has 34 heavy (non-hydrogen) atoms. The lowest BCUT2D eigenvalue weighted by Gasteiger charge is -2.33. The predicted molar refractivity (Wildman–Crippen MR) is 131 cm³/mol. The summed E-state index contributed by atoms with van der Waals surface area (Å²) in [6.45, 7) is 0.122. The van der Waals surface area contributed by atoms with Crippen LogP contribution in [0.15, 0.2) is 64.9 Å². The molecular formula is C24H25ClN2O5S2. The topological polar surface area (TPSA) is 95.9 Å². The highest BCUT2D eigenvalue weighted by atomic mass is 35.5. The number of hydrogen-bond acceptors (Lipinski definition) is 6. The molecule has 0 spiro atoms. The molecule has 3 aromatic rings. The van der Waals surface area contributed by atoms with Gasteiger partial charge in [0.15, 0.2) is 0 Å². The van der Waals surface area contributed by atoms with Crippen molar-refractivity contribution in [2.45, 2.75) is 36.1 Å². The summed E-state index contributed by atoms with van der Waals surface area (Å²) < 4.78 is 33.8. The van der Waals surface area contributed by atoms with E-state index in [1.165, 1.54) is 23.5 Å². The molecule has 0 fully saturated rings. The Hall–Kier alpha value is -2.43. The van der Waals surface area contributed by atoms with Gasteiger partial charge in [-0.3, -0.25) is 10.0 Å². The van der Waals surface area contributed by atoms with Crippen LogP contribution in [0.3, 0.4) is 0 Å². The lowest BCUT2D eigenvalue weighted by molar-refractivity contribution is -0.134. The number of rotatable bonds is 7. The molecule has 0 unspecified atom stereocenters. The lowest BCUT2D eigenvalue weighted by Crippen LogP contribution is -2.51. The van der Waals surface area contributed by atoms with Crippen molar-refractivity contribution in [2.75, 3.05) is 13.7 Å². The molecule has 0 bridgehead atoms. The number of benzene rings is 2. The lowest BCUT2D eigenvalue weighted by atomic mass is 9.86. The van der Waals surface area contributed by atoms with Gasteiger partial charge in [0.25, 0.3) is 5.91 Å². The fourth-order valence-corrected chi connectivity index (χ4v) is 7.12. The van der Waals surface area contributed by atoms with Gasteiger partial charge in [0.2, 0.25) is 10.0 Å². The first-order valence-electron chi connectivity index (χ1n) is 10.8. The molecule has 4 rings (SSSR count). The molecule has 0 saturated carbocycles. The Labute approximate surface area is 207 Å². The van der Waals surface area contributed by atoms with E-state index in [4.69, 9.17) is 16.3 Å². The van der Waals surface area contributed by atoms with Crippen LogP contribution in [0.2, 0.25) is 5.02 Å². The van der Waals surface area contributed by atoms with Crippen LogP contribution in [-0.2, 0) is 27.7 Å². The maximum atomic E-state index is 13.7. The number of nitrogens with one attached hydrogen (secondary N) is 1. The number of hydroxylamine groups is 1. The molecule has 2 aromatic carbocycles. The minimum Gasteiger partial charge on any atom is -0.497 e. The molecule has 1 aliphatic heterocycles. The highest BCUT2D eigenvalue weighted by molar-refractivity contribution is 7.89. The molecule has 10 heteroatoms. The van der Waals surface area contributed by atoms with Crippen LogP contribution < -0.4 is 10.2 Å². The van der Waals surface area contributed by atoms with E-state index in [9.17, 15) is 18.4 Å². The maximum absolute atomic E-state index is 13.7. The molecule has 1 aromatic heterocycles. The number of methoxy groups -OCH3 is 1. The molecule has 2 heterocycles. The van der Waals surface area contributed by atoms with E-state index in [-0.39, 0.29) is 11.4 Å². The molecule has 0 saturated heterocycles. The summed E-state index contributed by atoms with van der Waals surface area (Å²) in [6.07, 6.45) is 1.61. The van der Waals surface area contributed by atoms with Gasteiger partial charge < -0.3 is 4.74 Å². The molecular weight excluding hydrogens is 496 g/mol. The SMILES string of the molecule is COc1ccc(S(=O)(=O)N2CCc3sccc3[C@@H](CCc3ccc(Cl)cc3)[C@@H]2C(=O)NO)cc1. The Morgan fingerprint density at radius 1 is 1.18 bits per heavy atom. The quantitative estimate of drug-likeness (QED) is 0.359. The minimum atomic E-state index is -4.04. The number of amides is 1. The molecule has 0 aliphatic carbocycles. The molecule has 180 valence electrons. The first kappa shape index (κ1) is 24.7. The average molecular weight is 521 g/mol. The summed E-state index contributed by atoms with van der Waals surface area (Å²) >= 11 is 7.56. The normalized spacial score (nSPS) is 18.7.